The zero-order chi connectivity index (χ0) is 19.0. The summed E-state index contributed by atoms with van der Waals surface area (Å²) < 4.78 is 0. The molecule has 1 unspecified atom stereocenters. The van der Waals surface area contributed by atoms with E-state index in [0.717, 1.165) is 41.8 Å². The molecule has 0 bridgehead atoms. The summed E-state index contributed by atoms with van der Waals surface area (Å²) in [6.07, 6.45) is 5.24. The molecule has 2 heterocycles. The van der Waals surface area contributed by atoms with Crippen molar-refractivity contribution >= 4 is 22.8 Å². The van der Waals surface area contributed by atoms with Crippen LogP contribution in [0.2, 0.25) is 0 Å². The summed E-state index contributed by atoms with van der Waals surface area (Å²) in [4.78, 5) is 35.9. The Morgan fingerprint density at radius 1 is 1.15 bits per heavy atom. The number of carbonyl (C=O) groups excluding carboxylic acids is 2. The number of hydrogen-bond donors (Lipinski definition) is 1. The van der Waals surface area contributed by atoms with Gasteiger partial charge in [-0.05, 0) is 44.9 Å². The smallest absolute Gasteiger partial charge is 0.251 e. The molecule has 1 aromatic carbocycles. The molecule has 1 N–H and O–H groups in total. The summed E-state index contributed by atoms with van der Waals surface area (Å²) in [5, 5.41) is 3.00. The molecule has 1 saturated heterocycles. The highest BCUT2D eigenvalue weighted by atomic mass is 16.2. The third-order valence-corrected chi connectivity index (χ3v) is 5.89. The average Bonchev–Trinajstić information content (AvgIpc) is 3.29. The van der Waals surface area contributed by atoms with Crippen molar-refractivity contribution in [3.05, 3.63) is 35.2 Å². The number of likely N-dealkylation sites (tertiary alicyclic amines) is 1. The van der Waals surface area contributed by atoms with E-state index in [0.29, 0.717) is 24.6 Å². The van der Waals surface area contributed by atoms with Crippen LogP contribution in [0.4, 0.5) is 0 Å². The van der Waals surface area contributed by atoms with Gasteiger partial charge in [-0.2, -0.15) is 0 Å². The Hall–Kier alpha value is -2.50. The summed E-state index contributed by atoms with van der Waals surface area (Å²) in [5.41, 5.74) is 3.88. The Balaban J connectivity index is 1.39. The molecule has 2 aliphatic rings. The van der Waals surface area contributed by atoms with Gasteiger partial charge >= 0.3 is 0 Å². The van der Waals surface area contributed by atoms with Gasteiger partial charge < -0.3 is 10.2 Å². The molecule has 1 aliphatic heterocycles. The van der Waals surface area contributed by atoms with Gasteiger partial charge in [-0.15, -0.1) is 0 Å². The molecular weight excluding hydrogens is 340 g/mol. The lowest BCUT2D eigenvalue weighted by Gasteiger charge is -2.24. The van der Waals surface area contributed by atoms with Crippen LogP contribution in [0, 0.1) is 19.8 Å². The van der Waals surface area contributed by atoms with Crippen molar-refractivity contribution in [2.75, 3.05) is 13.1 Å². The van der Waals surface area contributed by atoms with E-state index in [1.54, 1.807) is 12.1 Å². The van der Waals surface area contributed by atoms with Gasteiger partial charge in [-0.25, -0.2) is 9.97 Å². The molecule has 2 aromatic rings. The molecule has 6 heteroatoms. The fourth-order valence-electron chi connectivity index (χ4n) is 4.23. The first kappa shape index (κ1) is 17.9. The Bertz CT molecular complexity index is 889. The highest BCUT2D eigenvalue weighted by Gasteiger charge is 2.35. The summed E-state index contributed by atoms with van der Waals surface area (Å²) >= 11 is 0. The largest absolute Gasteiger partial charge is 0.352 e. The number of nitrogens with zero attached hydrogens (tertiary/aromatic N) is 3. The van der Waals surface area contributed by atoms with Crippen molar-refractivity contribution in [3.63, 3.8) is 0 Å². The number of aromatic nitrogens is 2. The molecule has 2 amide bonds. The van der Waals surface area contributed by atoms with Gasteiger partial charge in [0.2, 0.25) is 5.91 Å². The lowest BCUT2D eigenvalue weighted by Crippen LogP contribution is -2.36. The molecule has 0 spiro atoms. The first-order valence-corrected chi connectivity index (χ1v) is 9.84. The van der Waals surface area contributed by atoms with E-state index in [9.17, 15) is 9.59 Å². The van der Waals surface area contributed by atoms with E-state index in [-0.39, 0.29) is 17.7 Å². The lowest BCUT2D eigenvalue weighted by molar-refractivity contribution is -0.129. The number of benzene rings is 1. The Labute approximate surface area is 159 Å². The molecule has 1 atom stereocenters. The van der Waals surface area contributed by atoms with Crippen molar-refractivity contribution in [2.45, 2.75) is 52.0 Å². The van der Waals surface area contributed by atoms with Crippen LogP contribution in [-0.2, 0) is 4.79 Å². The van der Waals surface area contributed by atoms with Crippen molar-refractivity contribution in [1.29, 1.82) is 0 Å². The van der Waals surface area contributed by atoms with Crippen LogP contribution in [0.3, 0.4) is 0 Å². The number of amides is 2. The second-order valence-corrected chi connectivity index (χ2v) is 7.86. The maximum Gasteiger partial charge on any atom is 0.251 e. The van der Waals surface area contributed by atoms with Gasteiger partial charge in [0, 0.05) is 37.0 Å². The van der Waals surface area contributed by atoms with Crippen LogP contribution in [0.5, 0.6) is 0 Å². The monoisotopic (exact) mass is 366 g/mol. The summed E-state index contributed by atoms with van der Waals surface area (Å²) in [6.45, 7) is 5.15. The van der Waals surface area contributed by atoms with Gasteiger partial charge in [-0.3, -0.25) is 9.59 Å². The number of aryl methyl sites for hydroxylation is 2. The van der Waals surface area contributed by atoms with Crippen molar-refractivity contribution in [2.24, 2.45) is 5.92 Å². The van der Waals surface area contributed by atoms with E-state index in [4.69, 9.17) is 0 Å². The zero-order valence-corrected chi connectivity index (χ0v) is 16.0. The lowest BCUT2D eigenvalue weighted by atomic mass is 10.1. The summed E-state index contributed by atoms with van der Waals surface area (Å²) in [6, 6.07) is 5.83. The molecule has 1 saturated carbocycles. The predicted octanol–water partition coefficient (Wildman–Crippen LogP) is 2.77. The van der Waals surface area contributed by atoms with Gasteiger partial charge in [0.1, 0.15) is 0 Å². The zero-order valence-electron chi connectivity index (χ0n) is 16.0. The second-order valence-electron chi connectivity index (χ2n) is 7.86. The number of carbonyl (C=O) groups is 2. The second kappa shape index (κ2) is 7.25. The SMILES string of the molecule is Cc1nc2ccc(C(=O)NCC3CC(=O)N(C4CCCC4)C3)cc2nc1C. The van der Waals surface area contributed by atoms with Crippen LogP contribution in [0.25, 0.3) is 11.0 Å². The van der Waals surface area contributed by atoms with Gasteiger partial charge in [-0.1, -0.05) is 12.8 Å². The van der Waals surface area contributed by atoms with E-state index >= 15 is 0 Å². The van der Waals surface area contributed by atoms with Gasteiger partial charge in [0.15, 0.2) is 0 Å². The third kappa shape index (κ3) is 3.66. The van der Waals surface area contributed by atoms with E-state index in [1.807, 2.05) is 24.8 Å². The highest BCUT2D eigenvalue weighted by Crippen LogP contribution is 2.29. The minimum Gasteiger partial charge on any atom is -0.352 e. The van der Waals surface area contributed by atoms with Crippen molar-refractivity contribution in [3.8, 4) is 0 Å². The maximum absolute atomic E-state index is 12.6. The average molecular weight is 366 g/mol. The maximum atomic E-state index is 12.6. The molecule has 142 valence electrons. The molecule has 27 heavy (non-hydrogen) atoms. The van der Waals surface area contributed by atoms with Crippen LogP contribution in [0.15, 0.2) is 18.2 Å². The molecule has 1 aromatic heterocycles. The summed E-state index contributed by atoms with van der Waals surface area (Å²) in [5.74, 6) is 0.323. The molecule has 4 rings (SSSR count). The third-order valence-electron chi connectivity index (χ3n) is 5.89. The standard InChI is InChI=1S/C21H26N4O2/c1-13-14(2)24-19-10-16(7-8-18(19)23-13)21(27)22-11-15-9-20(26)25(12-15)17-5-3-4-6-17/h7-8,10,15,17H,3-6,9,11-12H2,1-2H3,(H,22,27). The fraction of sp³-hybridized carbons (Fsp3) is 0.524. The Morgan fingerprint density at radius 2 is 1.85 bits per heavy atom. The number of fused-ring (bicyclic) bond motifs is 1. The van der Waals surface area contributed by atoms with E-state index in [1.165, 1.54) is 12.8 Å². The van der Waals surface area contributed by atoms with Crippen LogP contribution in [-0.4, -0.2) is 45.8 Å². The molecule has 1 aliphatic carbocycles. The minimum atomic E-state index is -0.122. The number of nitrogens with one attached hydrogen (secondary N) is 1. The predicted molar refractivity (Wildman–Crippen MR) is 103 cm³/mol. The van der Waals surface area contributed by atoms with Crippen LogP contribution < -0.4 is 5.32 Å². The van der Waals surface area contributed by atoms with Gasteiger partial charge in [0.05, 0.1) is 22.4 Å². The van der Waals surface area contributed by atoms with Crippen LogP contribution >= 0.6 is 0 Å². The number of rotatable bonds is 4. The van der Waals surface area contributed by atoms with Crippen molar-refractivity contribution in [1.82, 2.24) is 20.2 Å². The van der Waals surface area contributed by atoms with E-state index in [2.05, 4.69) is 15.3 Å². The quantitative estimate of drug-likeness (QED) is 0.903. The molecule has 0 radical (unpaired) electrons. The van der Waals surface area contributed by atoms with Gasteiger partial charge in [0.25, 0.3) is 5.91 Å². The first-order valence-electron chi connectivity index (χ1n) is 9.84. The minimum absolute atomic E-state index is 0.122. The van der Waals surface area contributed by atoms with E-state index < -0.39 is 0 Å². The normalized spacial score (nSPS) is 20.6. The summed E-state index contributed by atoms with van der Waals surface area (Å²) in [7, 11) is 0. The topological polar surface area (TPSA) is 75.2 Å². The first-order chi connectivity index (χ1) is 13.0. The Kier molecular flexibility index (Phi) is 4.81. The molecular formula is C21H26N4O2. The highest BCUT2D eigenvalue weighted by molar-refractivity contribution is 5.97. The Morgan fingerprint density at radius 3 is 2.59 bits per heavy atom. The van der Waals surface area contributed by atoms with Crippen LogP contribution in [0.1, 0.15) is 53.8 Å². The fourth-order valence-corrected chi connectivity index (χ4v) is 4.23. The van der Waals surface area contributed by atoms with Crippen molar-refractivity contribution < 1.29 is 9.59 Å². The molecule has 6 nitrogen and oxygen atoms in total. The number of hydrogen-bond acceptors (Lipinski definition) is 4. The molecule has 2 fully saturated rings.